The lowest BCUT2D eigenvalue weighted by atomic mass is 9.96. The molecule has 3 heterocycles. The van der Waals surface area contributed by atoms with Crippen molar-refractivity contribution >= 4 is 32.6 Å². The number of fused-ring (bicyclic) bond motifs is 1. The van der Waals surface area contributed by atoms with Gasteiger partial charge in [-0.2, -0.15) is 0 Å². The molecule has 2 aliphatic heterocycles. The molecule has 0 aliphatic carbocycles. The van der Waals surface area contributed by atoms with E-state index < -0.39 is 0 Å². The van der Waals surface area contributed by atoms with E-state index in [0.29, 0.717) is 0 Å². The average molecular weight is 431 g/mol. The number of likely N-dealkylation sites (tertiary alicyclic amines) is 1. The molecule has 2 aromatic rings. The Bertz CT molecular complexity index is 839. The van der Waals surface area contributed by atoms with Crippen LogP contribution in [0.4, 0.5) is 5.13 Å². The molecule has 0 bridgehead atoms. The highest BCUT2D eigenvalue weighted by Crippen LogP contribution is 2.33. The van der Waals surface area contributed by atoms with Crippen LogP contribution in [0.25, 0.3) is 10.2 Å². The fourth-order valence-corrected chi connectivity index (χ4v) is 5.48. The average Bonchev–Trinajstić information content (AvgIpc) is 3.21. The van der Waals surface area contributed by atoms with Crippen molar-refractivity contribution in [3.05, 3.63) is 18.2 Å². The van der Waals surface area contributed by atoms with E-state index in [2.05, 4.69) is 22.0 Å². The standard InChI is InChI=1S/C23H34N4O2S/c1-17-6-12-26(13-7-17)11-3-10-24-22(28)18-8-14-27(15-9-18)23-25-20-5-4-19(29-2)16-21(20)30-23/h4-5,16-18H,3,6-15H2,1-2H3,(H,24,28). The number of carbonyl (C=O) groups is 1. The zero-order chi connectivity index (χ0) is 20.9. The monoisotopic (exact) mass is 430 g/mol. The van der Waals surface area contributed by atoms with Gasteiger partial charge >= 0.3 is 0 Å². The fourth-order valence-electron chi connectivity index (χ4n) is 4.43. The van der Waals surface area contributed by atoms with Crippen molar-refractivity contribution in [2.45, 2.75) is 39.0 Å². The number of aromatic nitrogens is 1. The Morgan fingerprint density at radius 1 is 1.20 bits per heavy atom. The summed E-state index contributed by atoms with van der Waals surface area (Å²) in [7, 11) is 1.69. The summed E-state index contributed by atoms with van der Waals surface area (Å²) >= 11 is 1.70. The highest BCUT2D eigenvalue weighted by molar-refractivity contribution is 7.22. The van der Waals surface area contributed by atoms with E-state index in [1.54, 1.807) is 18.4 Å². The predicted molar refractivity (Wildman–Crippen MR) is 124 cm³/mol. The quantitative estimate of drug-likeness (QED) is 0.678. The number of benzene rings is 1. The summed E-state index contributed by atoms with van der Waals surface area (Å²) < 4.78 is 6.46. The van der Waals surface area contributed by atoms with Gasteiger partial charge in [0.25, 0.3) is 0 Å². The Kier molecular flexibility index (Phi) is 7.10. The largest absolute Gasteiger partial charge is 0.497 e. The minimum absolute atomic E-state index is 0.131. The maximum absolute atomic E-state index is 12.6. The molecule has 4 rings (SSSR count). The summed E-state index contributed by atoms with van der Waals surface area (Å²) in [4.78, 5) is 22.2. The Balaban J connectivity index is 1.19. The van der Waals surface area contributed by atoms with Crippen LogP contribution in [0.2, 0.25) is 0 Å². The van der Waals surface area contributed by atoms with E-state index in [9.17, 15) is 4.79 Å². The zero-order valence-corrected chi connectivity index (χ0v) is 19.0. The number of anilines is 1. The SMILES string of the molecule is COc1ccc2nc(N3CCC(C(=O)NCCCN4CCC(C)CC4)CC3)sc2c1. The van der Waals surface area contributed by atoms with Gasteiger partial charge in [-0.1, -0.05) is 18.3 Å². The number of hydrogen-bond acceptors (Lipinski definition) is 6. The molecule has 0 spiro atoms. The highest BCUT2D eigenvalue weighted by Gasteiger charge is 2.26. The number of piperidine rings is 2. The van der Waals surface area contributed by atoms with Crippen LogP contribution in [-0.2, 0) is 4.79 Å². The van der Waals surface area contributed by atoms with Gasteiger partial charge < -0.3 is 19.9 Å². The third-order valence-corrected chi connectivity index (χ3v) is 7.63. The minimum atomic E-state index is 0.131. The molecule has 7 heteroatoms. The number of carbonyl (C=O) groups excluding carboxylic acids is 1. The number of nitrogens with zero attached hydrogens (tertiary/aromatic N) is 3. The van der Waals surface area contributed by atoms with Gasteiger partial charge in [0, 0.05) is 25.6 Å². The first-order valence-corrected chi connectivity index (χ1v) is 12.1. The maximum atomic E-state index is 12.6. The van der Waals surface area contributed by atoms with Crippen LogP contribution in [0, 0.1) is 11.8 Å². The summed E-state index contributed by atoms with van der Waals surface area (Å²) in [6, 6.07) is 6.01. The van der Waals surface area contributed by atoms with Gasteiger partial charge in [-0.3, -0.25) is 4.79 Å². The van der Waals surface area contributed by atoms with Gasteiger partial charge in [-0.25, -0.2) is 4.98 Å². The Hall–Kier alpha value is -1.86. The molecule has 6 nitrogen and oxygen atoms in total. The Morgan fingerprint density at radius 3 is 2.70 bits per heavy atom. The van der Waals surface area contributed by atoms with E-state index in [-0.39, 0.29) is 11.8 Å². The van der Waals surface area contributed by atoms with Crippen LogP contribution < -0.4 is 15.0 Å². The molecule has 0 unspecified atom stereocenters. The van der Waals surface area contributed by atoms with Gasteiger partial charge in [0.15, 0.2) is 5.13 Å². The first-order chi connectivity index (χ1) is 14.6. The van der Waals surface area contributed by atoms with E-state index in [0.717, 1.165) is 72.5 Å². The number of nitrogens with one attached hydrogen (secondary N) is 1. The van der Waals surface area contributed by atoms with Gasteiger partial charge in [0.05, 0.1) is 17.3 Å². The fraction of sp³-hybridized carbons (Fsp3) is 0.652. The highest BCUT2D eigenvalue weighted by atomic mass is 32.1. The molecular weight excluding hydrogens is 396 g/mol. The smallest absolute Gasteiger partial charge is 0.223 e. The molecule has 30 heavy (non-hydrogen) atoms. The van der Waals surface area contributed by atoms with Crippen LogP contribution >= 0.6 is 11.3 Å². The van der Waals surface area contributed by atoms with E-state index in [1.165, 1.54) is 25.9 Å². The van der Waals surface area contributed by atoms with Gasteiger partial charge in [0.1, 0.15) is 5.75 Å². The summed E-state index contributed by atoms with van der Waals surface area (Å²) in [5, 5.41) is 4.23. The van der Waals surface area contributed by atoms with Gasteiger partial charge in [-0.05, 0) is 75.9 Å². The molecule has 164 valence electrons. The van der Waals surface area contributed by atoms with Crippen molar-refractivity contribution in [3.8, 4) is 5.75 Å². The van der Waals surface area contributed by atoms with Crippen LogP contribution in [0.1, 0.15) is 39.0 Å². The second-order valence-corrected chi connectivity index (χ2v) is 9.77. The molecule has 2 saturated heterocycles. The first kappa shape index (κ1) is 21.4. The summed E-state index contributed by atoms with van der Waals surface area (Å²) in [5.74, 6) is 2.10. The van der Waals surface area contributed by atoms with Crippen molar-refractivity contribution in [1.29, 1.82) is 0 Å². The Morgan fingerprint density at radius 2 is 1.97 bits per heavy atom. The van der Waals surface area contributed by atoms with Crippen LogP contribution in [0.5, 0.6) is 5.75 Å². The molecule has 1 N–H and O–H groups in total. The third-order valence-electron chi connectivity index (χ3n) is 6.55. The Labute approximate surface area is 183 Å². The van der Waals surface area contributed by atoms with Crippen molar-refractivity contribution in [2.75, 3.05) is 51.3 Å². The summed E-state index contributed by atoms with van der Waals surface area (Å²) in [6.45, 7) is 8.45. The summed E-state index contributed by atoms with van der Waals surface area (Å²) in [6.07, 6.45) is 5.47. The summed E-state index contributed by atoms with van der Waals surface area (Å²) in [5.41, 5.74) is 1.01. The van der Waals surface area contributed by atoms with Gasteiger partial charge in [0.2, 0.25) is 5.91 Å². The topological polar surface area (TPSA) is 57.7 Å². The van der Waals surface area contributed by atoms with E-state index in [1.807, 2.05) is 18.2 Å². The second kappa shape index (κ2) is 9.96. The zero-order valence-electron chi connectivity index (χ0n) is 18.2. The van der Waals surface area contributed by atoms with Crippen LogP contribution in [0.3, 0.4) is 0 Å². The van der Waals surface area contributed by atoms with Crippen molar-refractivity contribution in [1.82, 2.24) is 15.2 Å². The molecule has 2 aliphatic rings. The molecule has 1 aromatic carbocycles. The van der Waals surface area contributed by atoms with E-state index >= 15 is 0 Å². The molecule has 1 amide bonds. The molecule has 0 atom stereocenters. The number of ether oxygens (including phenoxy) is 1. The van der Waals surface area contributed by atoms with Crippen LogP contribution in [0.15, 0.2) is 18.2 Å². The lowest BCUT2D eigenvalue weighted by Gasteiger charge is -2.31. The first-order valence-electron chi connectivity index (χ1n) is 11.3. The third kappa shape index (κ3) is 5.24. The number of rotatable bonds is 7. The molecule has 0 radical (unpaired) electrons. The lowest BCUT2D eigenvalue weighted by Crippen LogP contribution is -2.41. The molecular formula is C23H34N4O2S. The van der Waals surface area contributed by atoms with Crippen molar-refractivity contribution in [3.63, 3.8) is 0 Å². The maximum Gasteiger partial charge on any atom is 0.223 e. The van der Waals surface area contributed by atoms with Crippen LogP contribution in [-0.4, -0.2) is 62.2 Å². The number of methoxy groups -OCH3 is 1. The number of thiazole rings is 1. The normalized spacial score (nSPS) is 19.3. The number of amides is 1. The van der Waals surface area contributed by atoms with E-state index in [4.69, 9.17) is 9.72 Å². The van der Waals surface area contributed by atoms with Crippen molar-refractivity contribution in [2.24, 2.45) is 11.8 Å². The second-order valence-electron chi connectivity index (χ2n) is 8.76. The lowest BCUT2D eigenvalue weighted by molar-refractivity contribution is -0.125. The number of hydrogen-bond donors (Lipinski definition) is 1. The molecule has 2 fully saturated rings. The molecule has 1 aromatic heterocycles. The molecule has 0 saturated carbocycles. The predicted octanol–water partition coefficient (Wildman–Crippen LogP) is 3.76. The minimum Gasteiger partial charge on any atom is -0.497 e. The van der Waals surface area contributed by atoms with Gasteiger partial charge in [-0.15, -0.1) is 0 Å². The van der Waals surface area contributed by atoms with Crippen molar-refractivity contribution < 1.29 is 9.53 Å².